The Bertz CT molecular complexity index is 1230. The monoisotopic (exact) mass is 441 g/mol. The minimum atomic E-state index is 0.0876. The van der Waals surface area contributed by atoms with E-state index in [1.165, 1.54) is 17.3 Å². The van der Waals surface area contributed by atoms with E-state index in [2.05, 4.69) is 44.9 Å². The summed E-state index contributed by atoms with van der Waals surface area (Å²) in [6.07, 6.45) is 4.42. The number of hydrogen-bond donors (Lipinski definition) is 0. The number of carbonyl (C=O) groups excluding carboxylic acids is 1. The molecule has 32 heavy (non-hydrogen) atoms. The SMILES string of the molecule is CC1Cc2ccccc2N1C(=O)CSc1nnc(-c2cccnc2)n1Cc1ccccc1. The Hall–Kier alpha value is -3.45. The van der Waals surface area contributed by atoms with Crippen LogP contribution in [0.2, 0.25) is 0 Å². The highest BCUT2D eigenvalue weighted by Crippen LogP contribution is 2.33. The van der Waals surface area contributed by atoms with Crippen molar-refractivity contribution in [2.75, 3.05) is 10.7 Å². The van der Waals surface area contributed by atoms with E-state index in [1.54, 1.807) is 12.4 Å². The average Bonchev–Trinajstić information content (AvgIpc) is 3.38. The van der Waals surface area contributed by atoms with Gasteiger partial charge in [-0.1, -0.05) is 60.3 Å². The van der Waals surface area contributed by atoms with Gasteiger partial charge in [-0.3, -0.25) is 14.3 Å². The number of thioether (sulfide) groups is 1. The van der Waals surface area contributed by atoms with Crippen LogP contribution in [0.3, 0.4) is 0 Å². The zero-order chi connectivity index (χ0) is 21.9. The first kappa shape index (κ1) is 20.5. The van der Waals surface area contributed by atoms with Crippen LogP contribution in [0.25, 0.3) is 11.4 Å². The van der Waals surface area contributed by atoms with E-state index < -0.39 is 0 Å². The lowest BCUT2D eigenvalue weighted by Crippen LogP contribution is -2.37. The molecule has 0 saturated carbocycles. The van der Waals surface area contributed by atoms with E-state index in [9.17, 15) is 4.79 Å². The normalized spacial score (nSPS) is 15.0. The number of anilines is 1. The van der Waals surface area contributed by atoms with Crippen molar-refractivity contribution in [1.29, 1.82) is 0 Å². The fraction of sp³-hybridized carbons (Fsp3) is 0.200. The number of fused-ring (bicyclic) bond motifs is 1. The van der Waals surface area contributed by atoms with Crippen molar-refractivity contribution in [3.05, 3.63) is 90.3 Å². The molecule has 0 saturated heterocycles. The number of amides is 1. The summed E-state index contributed by atoms with van der Waals surface area (Å²) in [5.41, 5.74) is 4.29. The molecule has 0 aliphatic carbocycles. The molecule has 160 valence electrons. The fourth-order valence-electron chi connectivity index (χ4n) is 4.15. The summed E-state index contributed by atoms with van der Waals surface area (Å²) in [7, 11) is 0. The predicted octanol–water partition coefficient (Wildman–Crippen LogP) is 4.46. The number of benzene rings is 2. The van der Waals surface area contributed by atoms with Crippen molar-refractivity contribution in [2.45, 2.75) is 31.1 Å². The summed E-state index contributed by atoms with van der Waals surface area (Å²) < 4.78 is 2.06. The molecule has 1 aliphatic heterocycles. The van der Waals surface area contributed by atoms with Crippen LogP contribution in [0.15, 0.2) is 84.3 Å². The van der Waals surface area contributed by atoms with E-state index in [0.29, 0.717) is 12.3 Å². The van der Waals surface area contributed by atoms with Gasteiger partial charge in [0.1, 0.15) is 0 Å². The molecule has 5 rings (SSSR count). The molecule has 2 aromatic carbocycles. The van der Waals surface area contributed by atoms with Crippen molar-refractivity contribution in [3.63, 3.8) is 0 Å². The summed E-state index contributed by atoms with van der Waals surface area (Å²) in [6.45, 7) is 2.72. The molecule has 2 aromatic heterocycles. The van der Waals surface area contributed by atoms with Crippen molar-refractivity contribution in [3.8, 4) is 11.4 Å². The molecule has 0 N–H and O–H groups in total. The molecule has 7 heteroatoms. The standard InChI is InChI=1S/C25H23N5OS/c1-18-14-20-10-5-6-12-22(20)30(18)23(31)17-32-25-28-27-24(21-11-7-13-26-15-21)29(25)16-19-8-3-2-4-9-19/h2-13,15,18H,14,16-17H2,1H3. The number of pyridine rings is 1. The Morgan fingerprint density at radius 1 is 1.03 bits per heavy atom. The van der Waals surface area contributed by atoms with Crippen LogP contribution in [0, 0.1) is 0 Å². The van der Waals surface area contributed by atoms with E-state index in [-0.39, 0.29) is 11.9 Å². The van der Waals surface area contributed by atoms with Gasteiger partial charge in [-0.05, 0) is 42.7 Å². The zero-order valence-corrected chi connectivity index (χ0v) is 18.6. The Balaban J connectivity index is 1.40. The molecule has 4 aromatic rings. The minimum Gasteiger partial charge on any atom is -0.308 e. The predicted molar refractivity (Wildman–Crippen MR) is 127 cm³/mol. The van der Waals surface area contributed by atoms with Crippen molar-refractivity contribution >= 4 is 23.4 Å². The molecule has 0 radical (unpaired) electrons. The third kappa shape index (κ3) is 4.03. The van der Waals surface area contributed by atoms with Crippen LogP contribution in [-0.4, -0.2) is 37.5 Å². The second-order valence-corrected chi connectivity index (χ2v) is 8.80. The summed E-state index contributed by atoms with van der Waals surface area (Å²) in [5.74, 6) is 1.14. The number of carbonyl (C=O) groups is 1. The Kier molecular flexibility index (Phi) is 5.73. The van der Waals surface area contributed by atoms with Gasteiger partial charge >= 0.3 is 0 Å². The van der Waals surface area contributed by atoms with Crippen LogP contribution in [0.5, 0.6) is 0 Å². The van der Waals surface area contributed by atoms with Crippen LogP contribution in [0.1, 0.15) is 18.1 Å². The van der Waals surface area contributed by atoms with Crippen molar-refractivity contribution < 1.29 is 4.79 Å². The summed E-state index contributed by atoms with van der Waals surface area (Å²) >= 11 is 1.43. The molecular formula is C25H23N5OS. The van der Waals surface area contributed by atoms with E-state index in [4.69, 9.17) is 0 Å². The fourth-order valence-corrected chi connectivity index (χ4v) is 4.95. The first-order valence-electron chi connectivity index (χ1n) is 10.6. The largest absolute Gasteiger partial charge is 0.308 e. The molecular weight excluding hydrogens is 418 g/mol. The van der Waals surface area contributed by atoms with Gasteiger partial charge in [0.2, 0.25) is 5.91 Å². The molecule has 0 bridgehead atoms. The van der Waals surface area contributed by atoms with Crippen LogP contribution >= 0.6 is 11.8 Å². The maximum Gasteiger partial charge on any atom is 0.237 e. The smallest absolute Gasteiger partial charge is 0.237 e. The van der Waals surface area contributed by atoms with Gasteiger partial charge in [0.15, 0.2) is 11.0 Å². The molecule has 0 spiro atoms. The second-order valence-electron chi connectivity index (χ2n) is 7.85. The third-order valence-corrected chi connectivity index (χ3v) is 6.57. The van der Waals surface area contributed by atoms with Gasteiger partial charge < -0.3 is 4.90 Å². The lowest BCUT2D eigenvalue weighted by Gasteiger charge is -2.22. The quantitative estimate of drug-likeness (QED) is 0.414. The molecule has 0 fully saturated rings. The summed E-state index contributed by atoms with van der Waals surface area (Å²) in [4.78, 5) is 19.3. The molecule has 1 aliphatic rings. The highest BCUT2D eigenvalue weighted by molar-refractivity contribution is 7.99. The topological polar surface area (TPSA) is 63.9 Å². The van der Waals surface area contributed by atoms with Crippen molar-refractivity contribution in [1.82, 2.24) is 19.7 Å². The number of hydrogen-bond acceptors (Lipinski definition) is 5. The number of para-hydroxylation sites is 1. The second kappa shape index (κ2) is 8.96. The summed E-state index contributed by atoms with van der Waals surface area (Å²) in [6, 6.07) is 22.4. The maximum atomic E-state index is 13.2. The van der Waals surface area contributed by atoms with Gasteiger partial charge in [0.25, 0.3) is 0 Å². The highest BCUT2D eigenvalue weighted by Gasteiger charge is 2.30. The van der Waals surface area contributed by atoms with Crippen molar-refractivity contribution in [2.24, 2.45) is 0 Å². The van der Waals surface area contributed by atoms with E-state index in [0.717, 1.165) is 34.2 Å². The lowest BCUT2D eigenvalue weighted by atomic mass is 10.1. The first-order valence-corrected chi connectivity index (χ1v) is 11.6. The molecule has 1 atom stereocenters. The molecule has 6 nitrogen and oxygen atoms in total. The molecule has 1 unspecified atom stereocenters. The number of aromatic nitrogens is 4. The van der Waals surface area contributed by atoms with E-state index in [1.807, 2.05) is 53.4 Å². The van der Waals surface area contributed by atoms with Crippen LogP contribution in [0.4, 0.5) is 5.69 Å². The molecule has 3 heterocycles. The summed E-state index contributed by atoms with van der Waals surface area (Å²) in [5, 5.41) is 9.59. The van der Waals surface area contributed by atoms with Gasteiger partial charge in [0.05, 0.1) is 12.3 Å². The minimum absolute atomic E-state index is 0.0876. The zero-order valence-electron chi connectivity index (χ0n) is 17.8. The Morgan fingerprint density at radius 2 is 1.84 bits per heavy atom. The van der Waals surface area contributed by atoms with Crippen LogP contribution < -0.4 is 4.90 Å². The van der Waals surface area contributed by atoms with Gasteiger partial charge in [-0.25, -0.2) is 0 Å². The first-order chi connectivity index (χ1) is 15.7. The Morgan fingerprint density at radius 3 is 2.66 bits per heavy atom. The average molecular weight is 442 g/mol. The van der Waals surface area contributed by atoms with Gasteiger partial charge in [0, 0.05) is 29.7 Å². The highest BCUT2D eigenvalue weighted by atomic mass is 32.2. The van der Waals surface area contributed by atoms with Crippen LogP contribution in [-0.2, 0) is 17.8 Å². The number of nitrogens with zero attached hydrogens (tertiary/aromatic N) is 5. The van der Waals surface area contributed by atoms with Gasteiger partial charge in [-0.2, -0.15) is 0 Å². The third-order valence-electron chi connectivity index (χ3n) is 5.62. The lowest BCUT2D eigenvalue weighted by molar-refractivity contribution is -0.116. The number of rotatable bonds is 6. The maximum absolute atomic E-state index is 13.2. The Labute approximate surface area is 191 Å². The van der Waals surface area contributed by atoms with E-state index >= 15 is 0 Å². The van der Waals surface area contributed by atoms with Gasteiger partial charge in [-0.15, -0.1) is 10.2 Å². The molecule has 1 amide bonds.